The van der Waals surface area contributed by atoms with Gasteiger partial charge in [-0.1, -0.05) is 24.3 Å². The second kappa shape index (κ2) is 6.39. The molecule has 0 aliphatic heterocycles. The molecule has 0 aromatic heterocycles. The standard InChI is InChI=1S/C16H19N3S/c1-11-8-12(2)10-14(9-11)18-19-16(20)17-15-7-5-4-6-13(15)3/h4-10,18H,1-3H3,(H2,17,19,20). The fourth-order valence-electron chi connectivity index (χ4n) is 2.04. The van der Waals surface area contributed by atoms with Gasteiger partial charge in [0.25, 0.3) is 0 Å². The highest BCUT2D eigenvalue weighted by Gasteiger charge is 2.00. The van der Waals surface area contributed by atoms with Gasteiger partial charge in [0, 0.05) is 5.69 Å². The van der Waals surface area contributed by atoms with Crippen molar-refractivity contribution in [2.24, 2.45) is 0 Å². The monoisotopic (exact) mass is 285 g/mol. The van der Waals surface area contributed by atoms with Gasteiger partial charge < -0.3 is 5.32 Å². The maximum atomic E-state index is 5.28. The third-order valence-corrected chi connectivity index (χ3v) is 3.14. The van der Waals surface area contributed by atoms with Crippen LogP contribution in [0.5, 0.6) is 0 Å². The maximum Gasteiger partial charge on any atom is 0.189 e. The van der Waals surface area contributed by atoms with E-state index in [0.29, 0.717) is 5.11 Å². The molecule has 2 aromatic carbocycles. The molecule has 104 valence electrons. The van der Waals surface area contributed by atoms with Crippen LogP contribution in [0.2, 0.25) is 0 Å². The van der Waals surface area contributed by atoms with Crippen molar-refractivity contribution in [2.45, 2.75) is 20.8 Å². The van der Waals surface area contributed by atoms with Gasteiger partial charge in [0.1, 0.15) is 0 Å². The Bertz CT molecular complexity index is 603. The number of hydrogen-bond donors (Lipinski definition) is 3. The second-order valence-corrected chi connectivity index (χ2v) is 5.30. The summed E-state index contributed by atoms with van der Waals surface area (Å²) in [7, 11) is 0. The molecule has 0 amide bonds. The Labute approximate surface area is 125 Å². The highest BCUT2D eigenvalue weighted by Crippen LogP contribution is 2.14. The molecule has 0 bridgehead atoms. The zero-order chi connectivity index (χ0) is 14.5. The van der Waals surface area contributed by atoms with Gasteiger partial charge in [-0.05, 0) is 67.9 Å². The summed E-state index contributed by atoms with van der Waals surface area (Å²) in [5.74, 6) is 0. The van der Waals surface area contributed by atoms with Gasteiger partial charge in [0.15, 0.2) is 5.11 Å². The number of nitrogens with one attached hydrogen (secondary N) is 3. The summed E-state index contributed by atoms with van der Waals surface area (Å²) in [6, 6.07) is 14.3. The fourth-order valence-corrected chi connectivity index (χ4v) is 2.20. The minimum atomic E-state index is 0.540. The lowest BCUT2D eigenvalue weighted by atomic mass is 10.1. The SMILES string of the molecule is Cc1cc(C)cc(NNC(=S)Nc2ccccc2C)c1. The van der Waals surface area contributed by atoms with Crippen LogP contribution >= 0.6 is 12.2 Å². The predicted molar refractivity (Wildman–Crippen MR) is 90.1 cm³/mol. The number of para-hydroxylation sites is 1. The largest absolute Gasteiger partial charge is 0.331 e. The van der Waals surface area contributed by atoms with Gasteiger partial charge in [-0.3, -0.25) is 10.9 Å². The number of anilines is 2. The quantitative estimate of drug-likeness (QED) is 0.590. The van der Waals surface area contributed by atoms with Gasteiger partial charge in [-0.25, -0.2) is 0 Å². The zero-order valence-corrected chi connectivity index (χ0v) is 12.8. The summed E-state index contributed by atoms with van der Waals surface area (Å²) in [4.78, 5) is 0. The number of hydrazine groups is 1. The fraction of sp³-hybridized carbons (Fsp3) is 0.188. The lowest BCUT2D eigenvalue weighted by Crippen LogP contribution is -2.33. The van der Waals surface area contributed by atoms with E-state index < -0.39 is 0 Å². The molecular weight excluding hydrogens is 266 g/mol. The van der Waals surface area contributed by atoms with Crippen molar-refractivity contribution in [3.05, 3.63) is 59.2 Å². The van der Waals surface area contributed by atoms with E-state index >= 15 is 0 Å². The highest BCUT2D eigenvalue weighted by molar-refractivity contribution is 7.80. The lowest BCUT2D eigenvalue weighted by molar-refractivity contribution is 1.13. The number of benzene rings is 2. The van der Waals surface area contributed by atoms with Crippen LogP contribution in [0.4, 0.5) is 11.4 Å². The van der Waals surface area contributed by atoms with E-state index in [1.54, 1.807) is 0 Å². The molecule has 3 N–H and O–H groups in total. The van der Waals surface area contributed by atoms with Gasteiger partial charge in [-0.15, -0.1) is 0 Å². The number of hydrogen-bond acceptors (Lipinski definition) is 2. The Morgan fingerprint density at radius 2 is 1.60 bits per heavy atom. The van der Waals surface area contributed by atoms with Crippen molar-refractivity contribution in [1.29, 1.82) is 0 Å². The Morgan fingerprint density at radius 1 is 0.950 bits per heavy atom. The van der Waals surface area contributed by atoms with Crippen molar-refractivity contribution in [3.63, 3.8) is 0 Å². The third-order valence-electron chi connectivity index (χ3n) is 2.94. The molecule has 0 unspecified atom stereocenters. The first kappa shape index (κ1) is 14.3. The summed E-state index contributed by atoms with van der Waals surface area (Å²) in [6.07, 6.45) is 0. The van der Waals surface area contributed by atoms with Crippen LogP contribution in [0.15, 0.2) is 42.5 Å². The van der Waals surface area contributed by atoms with E-state index in [2.05, 4.69) is 48.2 Å². The minimum Gasteiger partial charge on any atom is -0.331 e. The molecule has 0 radical (unpaired) electrons. The molecule has 2 rings (SSSR count). The molecule has 3 nitrogen and oxygen atoms in total. The molecule has 0 heterocycles. The van der Waals surface area contributed by atoms with Gasteiger partial charge in [-0.2, -0.15) is 0 Å². The van der Waals surface area contributed by atoms with Crippen LogP contribution in [-0.4, -0.2) is 5.11 Å². The molecule has 2 aromatic rings. The van der Waals surface area contributed by atoms with E-state index in [9.17, 15) is 0 Å². The van der Waals surface area contributed by atoms with Crippen molar-refractivity contribution < 1.29 is 0 Å². The van der Waals surface area contributed by atoms with Gasteiger partial charge in [0.05, 0.1) is 5.69 Å². The third kappa shape index (κ3) is 3.96. The molecule has 20 heavy (non-hydrogen) atoms. The smallest absolute Gasteiger partial charge is 0.189 e. The maximum absolute atomic E-state index is 5.28. The Balaban J connectivity index is 1.94. The average Bonchev–Trinajstić information content (AvgIpc) is 2.38. The molecular formula is C16H19N3S. The topological polar surface area (TPSA) is 36.1 Å². The van der Waals surface area contributed by atoms with Crippen molar-refractivity contribution in [2.75, 3.05) is 10.7 Å². The summed E-state index contributed by atoms with van der Waals surface area (Å²) in [6.45, 7) is 6.19. The van der Waals surface area contributed by atoms with Gasteiger partial charge >= 0.3 is 0 Å². The molecule has 0 spiro atoms. The minimum absolute atomic E-state index is 0.540. The van der Waals surface area contributed by atoms with E-state index in [0.717, 1.165) is 16.9 Å². The van der Waals surface area contributed by atoms with Crippen LogP contribution in [0.1, 0.15) is 16.7 Å². The second-order valence-electron chi connectivity index (χ2n) is 4.90. The first-order chi connectivity index (χ1) is 9.54. The van der Waals surface area contributed by atoms with E-state index in [-0.39, 0.29) is 0 Å². The zero-order valence-electron chi connectivity index (χ0n) is 11.9. The number of aryl methyl sites for hydroxylation is 3. The number of rotatable bonds is 3. The summed E-state index contributed by atoms with van der Waals surface area (Å²) in [5, 5.41) is 3.71. The van der Waals surface area contributed by atoms with Crippen LogP contribution in [0.3, 0.4) is 0 Å². The molecule has 0 saturated heterocycles. The normalized spacial score (nSPS) is 9.95. The Hall–Kier alpha value is -2.07. The molecule has 4 heteroatoms. The van der Waals surface area contributed by atoms with E-state index in [1.165, 1.54) is 11.1 Å². The van der Waals surface area contributed by atoms with Crippen molar-refractivity contribution in [3.8, 4) is 0 Å². The Morgan fingerprint density at radius 3 is 2.25 bits per heavy atom. The lowest BCUT2D eigenvalue weighted by Gasteiger charge is -2.14. The Kier molecular flexibility index (Phi) is 4.58. The van der Waals surface area contributed by atoms with Gasteiger partial charge in [0.2, 0.25) is 0 Å². The summed E-state index contributed by atoms with van der Waals surface area (Å²) in [5.41, 5.74) is 11.7. The summed E-state index contributed by atoms with van der Waals surface area (Å²) >= 11 is 5.28. The molecule has 0 aliphatic rings. The van der Waals surface area contributed by atoms with Crippen LogP contribution in [0.25, 0.3) is 0 Å². The van der Waals surface area contributed by atoms with E-state index in [1.807, 2.05) is 31.2 Å². The molecule has 0 atom stereocenters. The molecule has 0 saturated carbocycles. The predicted octanol–water partition coefficient (Wildman–Crippen LogP) is 3.93. The average molecular weight is 285 g/mol. The van der Waals surface area contributed by atoms with Crippen LogP contribution < -0.4 is 16.2 Å². The molecule has 0 aliphatic carbocycles. The van der Waals surface area contributed by atoms with Crippen molar-refractivity contribution in [1.82, 2.24) is 5.43 Å². The first-order valence-corrected chi connectivity index (χ1v) is 6.92. The highest BCUT2D eigenvalue weighted by atomic mass is 32.1. The summed E-state index contributed by atoms with van der Waals surface area (Å²) < 4.78 is 0. The van der Waals surface area contributed by atoms with Crippen LogP contribution in [-0.2, 0) is 0 Å². The van der Waals surface area contributed by atoms with Crippen LogP contribution in [0, 0.1) is 20.8 Å². The molecule has 0 fully saturated rings. The number of thiocarbonyl (C=S) groups is 1. The first-order valence-electron chi connectivity index (χ1n) is 6.51. The van der Waals surface area contributed by atoms with Crippen molar-refractivity contribution >= 4 is 28.7 Å². The van der Waals surface area contributed by atoms with E-state index in [4.69, 9.17) is 12.2 Å².